The molecule has 0 N–H and O–H groups in total. The molecule has 1 heterocycles. The van der Waals surface area contributed by atoms with Gasteiger partial charge in [-0.25, -0.2) is 4.39 Å². The van der Waals surface area contributed by atoms with Gasteiger partial charge in [0.05, 0.1) is 0 Å². The molecule has 0 aromatic carbocycles. The molecule has 0 spiro atoms. The molecule has 1 aliphatic heterocycles. The number of halogens is 5. The van der Waals surface area contributed by atoms with Crippen LogP contribution in [0.2, 0.25) is 0 Å². The van der Waals surface area contributed by atoms with Gasteiger partial charge >= 0.3 is 36.4 Å². The predicted molar refractivity (Wildman–Crippen MR) is 38.3 cm³/mol. The molecule has 0 bridgehead atoms. The Morgan fingerprint density at radius 2 is 1.25 bits per heavy atom. The van der Waals surface area contributed by atoms with Crippen LogP contribution >= 0.6 is 0 Å². The highest BCUT2D eigenvalue weighted by molar-refractivity contribution is 8.01. The van der Waals surface area contributed by atoms with Gasteiger partial charge in [0, 0.05) is 0 Å². The van der Waals surface area contributed by atoms with Crippen LogP contribution < -0.4 is 0 Å². The molecule has 1 unspecified atom stereocenters. The Kier molecular flexibility index (Phi) is 2.41. The van der Waals surface area contributed by atoms with Gasteiger partial charge in [-0.3, -0.25) is 0 Å². The molecule has 0 aromatic rings. The lowest BCUT2D eigenvalue weighted by Crippen LogP contribution is -2.66. The second kappa shape index (κ2) is 2.85. The fourth-order valence-corrected chi connectivity index (χ4v) is 3.61. The standard InChI is InChI=1S/C4H3F5O5S2/c1-2(5)3(6,7)4(8,9)16(12,13)14-15(2,10)11/h1H3. The molecule has 1 atom stereocenters. The maximum Gasteiger partial charge on any atom is 0.437 e. The Hall–Kier alpha value is -0.490. The Morgan fingerprint density at radius 1 is 0.875 bits per heavy atom. The summed E-state index contributed by atoms with van der Waals surface area (Å²) in [5.41, 5.74) is 0. The van der Waals surface area contributed by atoms with E-state index in [1.54, 1.807) is 0 Å². The molecule has 96 valence electrons. The van der Waals surface area contributed by atoms with Crippen LogP contribution in [0.5, 0.6) is 0 Å². The third kappa shape index (κ3) is 1.23. The van der Waals surface area contributed by atoms with Crippen molar-refractivity contribution in [3.8, 4) is 0 Å². The summed E-state index contributed by atoms with van der Waals surface area (Å²) in [5, 5.41) is -10.8. The van der Waals surface area contributed by atoms with E-state index in [1.807, 2.05) is 0 Å². The summed E-state index contributed by atoms with van der Waals surface area (Å²) in [4.78, 5) is 0. The Balaban J connectivity index is 3.70. The molecule has 1 aliphatic rings. The van der Waals surface area contributed by atoms with E-state index in [2.05, 4.69) is 3.63 Å². The van der Waals surface area contributed by atoms with E-state index in [9.17, 15) is 38.8 Å². The molecule has 1 saturated heterocycles. The molecule has 0 radical (unpaired) electrons. The molecule has 5 nitrogen and oxygen atoms in total. The average molecular weight is 290 g/mol. The lowest BCUT2D eigenvalue weighted by molar-refractivity contribution is -0.212. The topological polar surface area (TPSA) is 77.5 Å². The van der Waals surface area contributed by atoms with Crippen molar-refractivity contribution in [3.63, 3.8) is 0 Å². The lowest BCUT2D eigenvalue weighted by Gasteiger charge is -2.37. The number of hydrogen-bond acceptors (Lipinski definition) is 5. The highest BCUT2D eigenvalue weighted by atomic mass is 32.3. The smallest absolute Gasteiger partial charge is 0.217 e. The van der Waals surface area contributed by atoms with E-state index in [4.69, 9.17) is 0 Å². The van der Waals surface area contributed by atoms with Gasteiger partial charge in [-0.2, -0.15) is 34.4 Å². The summed E-state index contributed by atoms with van der Waals surface area (Å²) >= 11 is 0. The SMILES string of the molecule is CC1(F)C(F)(F)C(F)(F)S(=O)(=O)OS1(=O)=O. The van der Waals surface area contributed by atoms with Crippen molar-refractivity contribution >= 4 is 20.2 Å². The van der Waals surface area contributed by atoms with Gasteiger partial charge in [-0.05, 0) is 6.92 Å². The van der Waals surface area contributed by atoms with Crippen LogP contribution in [0, 0.1) is 0 Å². The van der Waals surface area contributed by atoms with Crippen molar-refractivity contribution in [2.75, 3.05) is 0 Å². The highest BCUT2D eigenvalue weighted by Crippen LogP contribution is 2.54. The van der Waals surface area contributed by atoms with E-state index in [1.165, 1.54) is 0 Å². The van der Waals surface area contributed by atoms with Crippen LogP contribution in [0.3, 0.4) is 0 Å². The van der Waals surface area contributed by atoms with Gasteiger partial charge in [0.25, 0.3) is 0 Å². The highest BCUT2D eigenvalue weighted by Gasteiger charge is 2.84. The second-order valence-corrected chi connectivity index (χ2v) is 6.62. The molecular formula is C4H3F5O5S2. The molecule has 1 rings (SSSR count). The summed E-state index contributed by atoms with van der Waals surface area (Å²) in [5.74, 6) is -5.96. The quantitative estimate of drug-likeness (QED) is 0.610. The van der Waals surface area contributed by atoms with E-state index < -0.39 is 43.3 Å². The summed E-state index contributed by atoms with van der Waals surface area (Å²) in [6.45, 7) is -0.412. The maximum absolute atomic E-state index is 13.1. The molecule has 0 amide bonds. The van der Waals surface area contributed by atoms with Crippen molar-refractivity contribution in [1.29, 1.82) is 0 Å². The van der Waals surface area contributed by atoms with Gasteiger partial charge in [-0.1, -0.05) is 0 Å². The first-order chi connectivity index (χ1) is 6.71. The van der Waals surface area contributed by atoms with E-state index in [0.29, 0.717) is 0 Å². The van der Waals surface area contributed by atoms with E-state index >= 15 is 0 Å². The summed E-state index contributed by atoms with van der Waals surface area (Å²) in [7, 11) is -12.5. The first-order valence-electron chi connectivity index (χ1n) is 3.35. The molecular weight excluding hydrogens is 287 g/mol. The fraction of sp³-hybridized carbons (Fsp3) is 1.00. The summed E-state index contributed by atoms with van der Waals surface area (Å²) < 4.78 is 109. The van der Waals surface area contributed by atoms with Crippen LogP contribution in [0.1, 0.15) is 6.92 Å². The van der Waals surface area contributed by atoms with Crippen LogP contribution in [0.15, 0.2) is 0 Å². The number of hydrogen-bond donors (Lipinski definition) is 0. The first kappa shape index (κ1) is 13.6. The molecule has 1 fully saturated rings. The Bertz CT molecular complexity index is 471. The van der Waals surface area contributed by atoms with Gasteiger partial charge < -0.3 is 0 Å². The van der Waals surface area contributed by atoms with Crippen molar-refractivity contribution < 1.29 is 42.4 Å². The summed E-state index contributed by atoms with van der Waals surface area (Å²) in [6.07, 6.45) is 0. The zero-order valence-corrected chi connectivity index (χ0v) is 8.88. The molecule has 0 aliphatic carbocycles. The number of alkyl halides is 5. The third-order valence-electron chi connectivity index (χ3n) is 1.89. The molecule has 12 heteroatoms. The average Bonchev–Trinajstić information content (AvgIpc) is 1.98. The molecule has 0 saturated carbocycles. The van der Waals surface area contributed by atoms with E-state index in [-0.39, 0.29) is 0 Å². The minimum absolute atomic E-state index is 0.412. The van der Waals surface area contributed by atoms with Gasteiger partial charge in [-0.15, -0.1) is 3.63 Å². The van der Waals surface area contributed by atoms with Gasteiger partial charge in [0.1, 0.15) is 0 Å². The minimum Gasteiger partial charge on any atom is -0.217 e. The normalized spacial score (nSPS) is 39.1. The van der Waals surface area contributed by atoms with Crippen LogP contribution in [-0.4, -0.2) is 33.0 Å². The lowest BCUT2D eigenvalue weighted by atomic mass is 10.2. The molecule has 0 aromatic heterocycles. The van der Waals surface area contributed by atoms with Crippen molar-refractivity contribution in [2.45, 2.75) is 23.1 Å². The largest absolute Gasteiger partial charge is 0.437 e. The van der Waals surface area contributed by atoms with Gasteiger partial charge in [0.15, 0.2) is 0 Å². The third-order valence-corrected chi connectivity index (χ3v) is 5.40. The summed E-state index contributed by atoms with van der Waals surface area (Å²) in [6, 6.07) is 0. The maximum atomic E-state index is 13.1. The minimum atomic E-state index is -6.46. The number of rotatable bonds is 0. The van der Waals surface area contributed by atoms with Crippen LogP contribution in [0.4, 0.5) is 22.0 Å². The first-order valence-corrected chi connectivity index (χ1v) is 6.17. The second-order valence-electron chi connectivity index (χ2n) is 2.98. The van der Waals surface area contributed by atoms with Gasteiger partial charge in [0.2, 0.25) is 0 Å². The Morgan fingerprint density at radius 3 is 1.62 bits per heavy atom. The van der Waals surface area contributed by atoms with E-state index in [0.717, 1.165) is 0 Å². The predicted octanol–water partition coefficient (Wildman–Crippen LogP) is 0.590. The van der Waals surface area contributed by atoms with Crippen LogP contribution in [0.25, 0.3) is 0 Å². The monoisotopic (exact) mass is 290 g/mol. The van der Waals surface area contributed by atoms with Crippen molar-refractivity contribution in [2.24, 2.45) is 0 Å². The van der Waals surface area contributed by atoms with Crippen molar-refractivity contribution in [1.82, 2.24) is 0 Å². The zero-order chi connectivity index (χ0) is 13.2. The Labute approximate surface area is 86.4 Å². The van der Waals surface area contributed by atoms with Crippen LogP contribution in [-0.2, 0) is 23.9 Å². The fourth-order valence-electron chi connectivity index (χ4n) is 0.798. The van der Waals surface area contributed by atoms with Crippen molar-refractivity contribution in [3.05, 3.63) is 0 Å². The molecule has 16 heavy (non-hydrogen) atoms. The zero-order valence-electron chi connectivity index (χ0n) is 7.25.